The van der Waals surface area contributed by atoms with Crippen molar-refractivity contribution in [3.63, 3.8) is 0 Å². The number of hydrogen-bond acceptors (Lipinski definition) is 6. The molecular formula is C13H17NO7. The van der Waals surface area contributed by atoms with Gasteiger partial charge in [0.1, 0.15) is 6.04 Å². The molecule has 116 valence electrons. The lowest BCUT2D eigenvalue weighted by atomic mass is 10.2. The highest BCUT2D eigenvalue weighted by Gasteiger charge is 2.12. The Hall–Kier alpha value is -2.61. The van der Waals surface area contributed by atoms with E-state index in [4.69, 9.17) is 20.7 Å². The monoisotopic (exact) mass is 299 g/mol. The number of hydrogen-bond donors (Lipinski definition) is 4. The molecule has 1 atom stereocenters. The number of carbonyl (C=O) groups is 3. The third kappa shape index (κ3) is 6.92. The van der Waals surface area contributed by atoms with Crippen LogP contribution in [0, 0.1) is 0 Å². The van der Waals surface area contributed by atoms with Gasteiger partial charge in [-0.25, -0.2) is 0 Å². The quantitative estimate of drug-likeness (QED) is 0.554. The predicted molar refractivity (Wildman–Crippen MR) is 72.5 cm³/mol. The fourth-order valence-corrected chi connectivity index (χ4v) is 1.20. The summed E-state index contributed by atoms with van der Waals surface area (Å²) in [5.41, 5.74) is 5.24. The van der Waals surface area contributed by atoms with Crippen molar-refractivity contribution in [2.45, 2.75) is 18.9 Å². The van der Waals surface area contributed by atoms with Gasteiger partial charge in [-0.2, -0.15) is 0 Å². The van der Waals surface area contributed by atoms with E-state index in [-0.39, 0.29) is 24.2 Å². The molecule has 5 N–H and O–H groups in total. The van der Waals surface area contributed by atoms with Crippen LogP contribution in [-0.4, -0.2) is 46.7 Å². The number of carbonyl (C=O) groups excluding carboxylic acids is 1. The normalized spacial score (nSPS) is 10.8. The molecule has 1 aromatic rings. The maximum atomic E-state index is 10.3. The number of carboxylic acids is 2. The van der Waals surface area contributed by atoms with Gasteiger partial charge < -0.3 is 25.8 Å². The van der Waals surface area contributed by atoms with E-state index in [1.165, 1.54) is 13.2 Å². The first-order valence-electron chi connectivity index (χ1n) is 5.84. The van der Waals surface area contributed by atoms with Gasteiger partial charge in [-0.15, -0.1) is 0 Å². The zero-order chi connectivity index (χ0) is 16.4. The first-order valence-corrected chi connectivity index (χ1v) is 5.84. The third-order valence-electron chi connectivity index (χ3n) is 2.36. The Balaban J connectivity index is 0.000000384. The maximum absolute atomic E-state index is 10.3. The standard InChI is InChI=1S/C8H8O3.C5H9NO4/c1-11-7-4-2-3-6(5-9)8(7)10;6-3(5(9)10)1-2-4(7)8/h2-5,10H,1H3;3H,1-2,6H2,(H,7,8)(H,9,10). The van der Waals surface area contributed by atoms with Gasteiger partial charge in [0.15, 0.2) is 17.8 Å². The first kappa shape index (κ1) is 18.4. The zero-order valence-corrected chi connectivity index (χ0v) is 11.4. The highest BCUT2D eigenvalue weighted by atomic mass is 16.5. The molecule has 8 nitrogen and oxygen atoms in total. The number of para-hydroxylation sites is 1. The number of methoxy groups -OCH3 is 1. The van der Waals surface area contributed by atoms with Crippen LogP contribution >= 0.6 is 0 Å². The molecule has 0 aliphatic heterocycles. The molecule has 21 heavy (non-hydrogen) atoms. The molecule has 0 saturated carbocycles. The highest BCUT2D eigenvalue weighted by molar-refractivity contribution is 5.80. The van der Waals surface area contributed by atoms with Crippen LogP contribution in [0.1, 0.15) is 23.2 Å². The van der Waals surface area contributed by atoms with Crippen molar-refractivity contribution in [1.82, 2.24) is 0 Å². The van der Waals surface area contributed by atoms with Gasteiger partial charge in [0.2, 0.25) is 0 Å². The summed E-state index contributed by atoms with van der Waals surface area (Å²) < 4.78 is 4.78. The van der Waals surface area contributed by atoms with Crippen LogP contribution < -0.4 is 10.5 Å². The number of carboxylic acid groups (broad SMARTS) is 2. The number of aromatic hydroxyl groups is 1. The lowest BCUT2D eigenvalue weighted by molar-refractivity contribution is -0.139. The molecule has 0 radical (unpaired) electrons. The number of rotatable bonds is 6. The number of phenols is 1. The maximum Gasteiger partial charge on any atom is 0.320 e. The first-order chi connectivity index (χ1) is 9.83. The van der Waals surface area contributed by atoms with E-state index < -0.39 is 18.0 Å². The number of phenolic OH excluding ortho intramolecular Hbond substituents is 1. The number of aldehydes is 1. The van der Waals surface area contributed by atoms with E-state index >= 15 is 0 Å². The van der Waals surface area contributed by atoms with E-state index in [1.54, 1.807) is 12.1 Å². The Morgan fingerprint density at radius 3 is 2.43 bits per heavy atom. The van der Waals surface area contributed by atoms with Crippen molar-refractivity contribution in [3.05, 3.63) is 23.8 Å². The summed E-state index contributed by atoms with van der Waals surface area (Å²) in [5, 5.41) is 25.5. The lowest BCUT2D eigenvalue weighted by Crippen LogP contribution is -2.30. The van der Waals surface area contributed by atoms with Crippen LogP contribution in [0.3, 0.4) is 0 Å². The minimum absolute atomic E-state index is 0.0231. The molecule has 0 spiro atoms. The average molecular weight is 299 g/mol. The Kier molecular flexibility index (Phi) is 8.16. The molecule has 1 aromatic carbocycles. The molecular weight excluding hydrogens is 282 g/mol. The third-order valence-corrected chi connectivity index (χ3v) is 2.36. The summed E-state index contributed by atoms with van der Waals surface area (Å²) in [6.07, 6.45) is 0.357. The van der Waals surface area contributed by atoms with Crippen molar-refractivity contribution >= 4 is 18.2 Å². The molecule has 0 aliphatic rings. The van der Waals surface area contributed by atoms with Crippen molar-refractivity contribution in [2.24, 2.45) is 5.73 Å². The second-order valence-corrected chi connectivity index (χ2v) is 3.89. The Morgan fingerprint density at radius 2 is 2.00 bits per heavy atom. The Bertz CT molecular complexity index is 501. The lowest BCUT2D eigenvalue weighted by Gasteiger charge is -2.02. The van der Waals surface area contributed by atoms with E-state index in [2.05, 4.69) is 0 Å². The molecule has 0 heterocycles. The summed E-state index contributed by atoms with van der Waals surface area (Å²) >= 11 is 0. The summed E-state index contributed by atoms with van der Waals surface area (Å²) in [7, 11) is 1.43. The molecule has 0 fully saturated rings. The molecule has 0 bridgehead atoms. The Morgan fingerprint density at radius 1 is 1.38 bits per heavy atom. The second kappa shape index (κ2) is 9.32. The van der Waals surface area contributed by atoms with Crippen LogP contribution in [0.2, 0.25) is 0 Å². The largest absolute Gasteiger partial charge is 0.504 e. The van der Waals surface area contributed by atoms with Gasteiger partial charge in [0.25, 0.3) is 0 Å². The summed E-state index contributed by atoms with van der Waals surface area (Å²) in [6, 6.07) is 3.69. The van der Waals surface area contributed by atoms with Gasteiger partial charge in [-0.3, -0.25) is 14.4 Å². The number of ether oxygens (including phenoxy) is 1. The predicted octanol–water partition coefficient (Wildman–Crippen LogP) is 0.476. The van der Waals surface area contributed by atoms with Crippen LogP contribution in [-0.2, 0) is 9.59 Å². The topological polar surface area (TPSA) is 147 Å². The molecule has 1 rings (SSSR count). The minimum atomic E-state index is -1.17. The molecule has 0 aliphatic carbocycles. The van der Waals surface area contributed by atoms with Gasteiger partial charge in [0, 0.05) is 6.42 Å². The van der Waals surface area contributed by atoms with Crippen LogP contribution in [0.15, 0.2) is 18.2 Å². The van der Waals surface area contributed by atoms with Gasteiger partial charge in [0.05, 0.1) is 12.7 Å². The van der Waals surface area contributed by atoms with Crippen molar-refractivity contribution in [3.8, 4) is 11.5 Å². The van der Waals surface area contributed by atoms with E-state index in [0.717, 1.165) is 0 Å². The molecule has 1 unspecified atom stereocenters. The second-order valence-electron chi connectivity index (χ2n) is 3.89. The highest BCUT2D eigenvalue weighted by Crippen LogP contribution is 2.27. The van der Waals surface area contributed by atoms with Gasteiger partial charge in [-0.05, 0) is 18.6 Å². The fraction of sp³-hybridized carbons (Fsp3) is 0.308. The van der Waals surface area contributed by atoms with Crippen LogP contribution in [0.25, 0.3) is 0 Å². The van der Waals surface area contributed by atoms with Gasteiger partial charge >= 0.3 is 11.9 Å². The summed E-state index contributed by atoms with van der Waals surface area (Å²) in [5.74, 6) is -1.99. The number of nitrogens with two attached hydrogens (primary N) is 1. The Labute approximate surface area is 120 Å². The van der Waals surface area contributed by atoms with Crippen LogP contribution in [0.5, 0.6) is 11.5 Å². The smallest absolute Gasteiger partial charge is 0.320 e. The average Bonchev–Trinajstić information content (AvgIpc) is 2.45. The number of benzene rings is 1. The molecule has 0 amide bonds. The van der Waals surface area contributed by atoms with Gasteiger partial charge in [-0.1, -0.05) is 6.07 Å². The van der Waals surface area contributed by atoms with E-state index in [9.17, 15) is 19.5 Å². The summed E-state index contributed by atoms with van der Waals surface area (Å²) in [4.78, 5) is 30.2. The van der Waals surface area contributed by atoms with Crippen molar-refractivity contribution in [2.75, 3.05) is 7.11 Å². The van der Waals surface area contributed by atoms with E-state index in [0.29, 0.717) is 12.0 Å². The molecule has 0 saturated heterocycles. The zero-order valence-electron chi connectivity index (χ0n) is 11.4. The SMILES string of the molecule is COc1cccc(C=O)c1O.NC(CCC(=O)O)C(=O)O. The summed E-state index contributed by atoms with van der Waals surface area (Å²) in [6.45, 7) is 0. The van der Waals surface area contributed by atoms with Crippen LogP contribution in [0.4, 0.5) is 0 Å². The van der Waals surface area contributed by atoms with Crippen molar-refractivity contribution < 1.29 is 34.4 Å². The minimum Gasteiger partial charge on any atom is -0.504 e. The number of aliphatic carboxylic acids is 2. The molecule has 0 aromatic heterocycles. The molecule has 8 heteroatoms. The fourth-order valence-electron chi connectivity index (χ4n) is 1.20. The van der Waals surface area contributed by atoms with Crippen molar-refractivity contribution in [1.29, 1.82) is 0 Å². The van der Waals surface area contributed by atoms with E-state index in [1.807, 2.05) is 0 Å².